The van der Waals surface area contributed by atoms with Gasteiger partial charge in [0.05, 0.1) is 18.0 Å². The average Bonchev–Trinajstić information content (AvgIpc) is 3.34. The summed E-state index contributed by atoms with van der Waals surface area (Å²) in [5.74, 6) is 0.748. The first-order valence-corrected chi connectivity index (χ1v) is 10.6. The Kier molecular flexibility index (Phi) is 4.94. The van der Waals surface area contributed by atoms with Gasteiger partial charge in [0, 0.05) is 45.1 Å². The van der Waals surface area contributed by atoms with Crippen LogP contribution in [0.3, 0.4) is 0 Å². The third-order valence-corrected chi connectivity index (χ3v) is 6.24. The molecular weight excluding hydrogens is 392 g/mol. The molecule has 0 atom stereocenters. The molecule has 2 aliphatic heterocycles. The Bertz CT molecular complexity index is 1070. The van der Waals surface area contributed by atoms with Crippen molar-refractivity contribution in [2.45, 2.75) is 24.9 Å². The molecule has 1 saturated heterocycles. The van der Waals surface area contributed by atoms with Gasteiger partial charge in [-0.15, -0.1) is 0 Å². The number of amides is 1. The highest BCUT2D eigenvalue weighted by Gasteiger charge is 2.43. The van der Waals surface area contributed by atoms with Gasteiger partial charge < -0.3 is 14.5 Å². The quantitative estimate of drug-likeness (QED) is 0.704. The molecule has 1 aromatic carbocycles. The summed E-state index contributed by atoms with van der Waals surface area (Å²) in [7, 11) is 3.88. The number of nitrogens with zero attached hydrogens (tertiary/aromatic N) is 5. The number of aromatic nitrogens is 4. The summed E-state index contributed by atoms with van der Waals surface area (Å²) in [5, 5.41) is 6.92. The minimum Gasteiger partial charge on any atom is -0.368 e. The van der Waals surface area contributed by atoms with Crippen LogP contribution in [0.15, 0.2) is 42.7 Å². The first-order valence-electron chi connectivity index (χ1n) is 10.6. The monoisotopic (exact) mass is 418 g/mol. The summed E-state index contributed by atoms with van der Waals surface area (Å²) in [5.41, 5.74) is 4.37. The van der Waals surface area contributed by atoms with Crippen molar-refractivity contribution in [3.05, 3.63) is 59.5 Å². The highest BCUT2D eigenvalue weighted by molar-refractivity contribution is 5.94. The Morgan fingerprint density at radius 2 is 1.94 bits per heavy atom. The number of carbonyl (C=O) groups is 1. The predicted octanol–water partition coefficient (Wildman–Crippen LogP) is 2.64. The SMILES string of the molecule is CN(C)c1ncc2c(n1)C1(CCN(C(=O)c3ccc(-c4ccn[nH]4)cc3)CC1)OCC2. The van der Waals surface area contributed by atoms with E-state index in [-0.39, 0.29) is 5.91 Å². The van der Waals surface area contributed by atoms with Gasteiger partial charge in [0.1, 0.15) is 5.60 Å². The van der Waals surface area contributed by atoms with Crippen LogP contribution in [-0.4, -0.2) is 64.8 Å². The number of aromatic amines is 1. The number of fused-ring (bicyclic) bond motifs is 2. The maximum Gasteiger partial charge on any atom is 0.253 e. The number of anilines is 1. The van der Waals surface area contributed by atoms with E-state index in [1.807, 2.05) is 60.4 Å². The summed E-state index contributed by atoms with van der Waals surface area (Å²) in [6, 6.07) is 9.57. The highest BCUT2D eigenvalue weighted by atomic mass is 16.5. The fraction of sp³-hybridized carbons (Fsp3) is 0.391. The Balaban J connectivity index is 1.32. The molecule has 160 valence electrons. The molecule has 5 rings (SSSR count). The van der Waals surface area contributed by atoms with E-state index in [9.17, 15) is 4.79 Å². The lowest BCUT2D eigenvalue weighted by Crippen LogP contribution is -2.49. The van der Waals surface area contributed by atoms with Gasteiger partial charge in [0.15, 0.2) is 0 Å². The number of ether oxygens (including phenoxy) is 1. The van der Waals surface area contributed by atoms with E-state index < -0.39 is 5.60 Å². The number of H-pyrrole nitrogens is 1. The molecule has 1 amide bonds. The first kappa shape index (κ1) is 19.7. The topological polar surface area (TPSA) is 87.2 Å². The van der Waals surface area contributed by atoms with Crippen molar-refractivity contribution in [1.29, 1.82) is 0 Å². The van der Waals surface area contributed by atoms with Crippen LogP contribution >= 0.6 is 0 Å². The predicted molar refractivity (Wildman–Crippen MR) is 117 cm³/mol. The van der Waals surface area contributed by atoms with Gasteiger partial charge in [-0.3, -0.25) is 9.89 Å². The second-order valence-corrected chi connectivity index (χ2v) is 8.37. The fourth-order valence-electron chi connectivity index (χ4n) is 4.46. The zero-order chi connectivity index (χ0) is 21.4. The molecule has 0 saturated carbocycles. The molecule has 4 heterocycles. The van der Waals surface area contributed by atoms with Crippen LogP contribution in [0.4, 0.5) is 5.95 Å². The number of carbonyl (C=O) groups excluding carboxylic acids is 1. The Hall–Kier alpha value is -3.26. The van der Waals surface area contributed by atoms with Crippen LogP contribution in [0.1, 0.15) is 34.5 Å². The minimum atomic E-state index is -0.428. The number of rotatable bonds is 3. The third kappa shape index (κ3) is 3.57. The van der Waals surface area contributed by atoms with Gasteiger partial charge in [-0.25, -0.2) is 9.97 Å². The van der Waals surface area contributed by atoms with E-state index in [1.54, 1.807) is 6.20 Å². The standard InChI is InChI=1S/C23H26N6O2/c1-28(2)22-24-15-18-8-14-31-23(20(18)26-22)9-12-29(13-10-23)21(30)17-5-3-16(4-6-17)19-7-11-25-27-19/h3-7,11,15H,8-10,12-14H2,1-2H3,(H,25,27). The fourth-order valence-corrected chi connectivity index (χ4v) is 4.46. The molecule has 3 aromatic rings. The molecule has 31 heavy (non-hydrogen) atoms. The second-order valence-electron chi connectivity index (χ2n) is 8.37. The van der Waals surface area contributed by atoms with Gasteiger partial charge in [-0.1, -0.05) is 12.1 Å². The molecular formula is C23H26N6O2. The number of hydrogen-bond donors (Lipinski definition) is 1. The zero-order valence-corrected chi connectivity index (χ0v) is 17.8. The summed E-state index contributed by atoms with van der Waals surface area (Å²) in [4.78, 5) is 26.2. The highest BCUT2D eigenvalue weighted by Crippen LogP contribution is 2.41. The van der Waals surface area contributed by atoms with Crippen LogP contribution in [0, 0.1) is 0 Å². The van der Waals surface area contributed by atoms with Gasteiger partial charge >= 0.3 is 0 Å². The van der Waals surface area contributed by atoms with Crippen LogP contribution < -0.4 is 4.90 Å². The van der Waals surface area contributed by atoms with E-state index in [4.69, 9.17) is 9.72 Å². The zero-order valence-electron chi connectivity index (χ0n) is 17.8. The van der Waals surface area contributed by atoms with E-state index in [2.05, 4.69) is 15.2 Å². The van der Waals surface area contributed by atoms with E-state index in [0.717, 1.165) is 41.8 Å². The molecule has 2 aliphatic rings. The van der Waals surface area contributed by atoms with Crippen molar-refractivity contribution in [2.75, 3.05) is 38.7 Å². The lowest BCUT2D eigenvalue weighted by Gasteiger charge is -2.44. The van der Waals surface area contributed by atoms with Gasteiger partial charge in [-0.05, 0) is 48.6 Å². The van der Waals surface area contributed by atoms with Gasteiger partial charge in [0.25, 0.3) is 5.91 Å². The summed E-state index contributed by atoms with van der Waals surface area (Å²) in [6.07, 6.45) is 5.95. The number of piperidine rings is 1. The lowest BCUT2D eigenvalue weighted by molar-refractivity contribution is -0.0967. The van der Waals surface area contributed by atoms with Crippen molar-refractivity contribution in [1.82, 2.24) is 25.1 Å². The molecule has 1 spiro atoms. The van der Waals surface area contributed by atoms with Crippen molar-refractivity contribution in [3.8, 4) is 11.3 Å². The van der Waals surface area contributed by atoms with E-state index >= 15 is 0 Å². The molecule has 0 radical (unpaired) electrons. The summed E-state index contributed by atoms with van der Waals surface area (Å²) < 4.78 is 6.30. The van der Waals surface area contributed by atoms with Gasteiger partial charge in [0.2, 0.25) is 5.95 Å². The molecule has 8 nitrogen and oxygen atoms in total. The molecule has 2 aromatic heterocycles. The molecule has 1 fully saturated rings. The van der Waals surface area contributed by atoms with Crippen molar-refractivity contribution < 1.29 is 9.53 Å². The third-order valence-electron chi connectivity index (χ3n) is 6.24. The molecule has 8 heteroatoms. The molecule has 0 aliphatic carbocycles. The Morgan fingerprint density at radius 3 is 2.61 bits per heavy atom. The molecule has 0 bridgehead atoms. The largest absolute Gasteiger partial charge is 0.368 e. The Labute approximate surface area is 181 Å². The number of benzene rings is 1. The van der Waals surface area contributed by atoms with Crippen LogP contribution in [0.2, 0.25) is 0 Å². The number of nitrogens with one attached hydrogen (secondary N) is 1. The first-order chi connectivity index (χ1) is 15.1. The molecule has 1 N–H and O–H groups in total. The van der Waals surface area contributed by atoms with Crippen LogP contribution in [0.25, 0.3) is 11.3 Å². The maximum absolute atomic E-state index is 13.1. The number of hydrogen-bond acceptors (Lipinski definition) is 6. The van der Waals surface area contributed by atoms with E-state index in [1.165, 1.54) is 0 Å². The van der Waals surface area contributed by atoms with Crippen molar-refractivity contribution in [3.63, 3.8) is 0 Å². The van der Waals surface area contributed by atoms with Crippen molar-refractivity contribution >= 4 is 11.9 Å². The van der Waals surface area contributed by atoms with Crippen LogP contribution in [-0.2, 0) is 16.8 Å². The summed E-state index contributed by atoms with van der Waals surface area (Å²) in [6.45, 7) is 1.95. The van der Waals surface area contributed by atoms with Crippen LogP contribution in [0.5, 0.6) is 0 Å². The maximum atomic E-state index is 13.1. The smallest absolute Gasteiger partial charge is 0.253 e. The Morgan fingerprint density at radius 1 is 1.16 bits per heavy atom. The average molecular weight is 419 g/mol. The molecule has 0 unspecified atom stereocenters. The summed E-state index contributed by atoms with van der Waals surface area (Å²) >= 11 is 0. The van der Waals surface area contributed by atoms with Crippen molar-refractivity contribution in [2.24, 2.45) is 0 Å². The normalized spacial score (nSPS) is 17.4. The van der Waals surface area contributed by atoms with Gasteiger partial charge in [-0.2, -0.15) is 5.10 Å². The number of likely N-dealkylation sites (tertiary alicyclic amines) is 1. The van der Waals surface area contributed by atoms with E-state index in [0.29, 0.717) is 31.2 Å². The lowest BCUT2D eigenvalue weighted by atomic mass is 9.83. The second kappa shape index (κ2) is 7.77. The minimum absolute atomic E-state index is 0.0544.